The van der Waals surface area contributed by atoms with Crippen LogP contribution < -0.4 is 10.1 Å². The van der Waals surface area contributed by atoms with Gasteiger partial charge in [0.2, 0.25) is 5.91 Å². The molecule has 0 spiro atoms. The van der Waals surface area contributed by atoms with Crippen molar-refractivity contribution in [3.63, 3.8) is 0 Å². The van der Waals surface area contributed by atoms with Crippen molar-refractivity contribution < 1.29 is 47.7 Å². The third-order valence-electron chi connectivity index (χ3n) is 8.75. The third-order valence-corrected chi connectivity index (χ3v) is 8.75. The summed E-state index contributed by atoms with van der Waals surface area (Å²) in [7, 11) is 0. The van der Waals surface area contributed by atoms with Gasteiger partial charge in [-0.1, -0.05) is 31.7 Å². The monoisotopic (exact) mass is 770 g/mol. The number of fused-ring (bicyclic) bond motifs is 1. The number of hydrogen-bond donors (Lipinski definition) is 1. The standard InChI is InChI=1S/C40H46N6O10/c1-6-34(49)45-18-10-11-30(21-45)46-40-37(38(44-46)29-14-16-32(17-15-29)55-31-12-8-7-9-13-31)39(41-24-42-40)43-26(3)54-35(50)19-25(2)20-36(51)56-33(22-52-27(4)47)23-53-28(5)48/h6-9,12-17,24-26,30,33H,1,10-11,18-23H2,2-5H3,(H,41,42,43)/t25?,26?,30-/m1/s1. The Morgan fingerprint density at radius 3 is 2.18 bits per heavy atom. The van der Waals surface area contributed by atoms with E-state index >= 15 is 0 Å². The molecule has 0 saturated carbocycles. The SMILES string of the molecule is C=CC(=O)N1CCC[C@@H](n2nc(-c3ccc(Oc4ccccc4)cc3)c3c(NC(C)OC(=O)CC(C)CC(=O)OC(COC(C)=O)COC(C)=O)ncnc32)C1. The molecule has 0 aliphatic carbocycles. The summed E-state index contributed by atoms with van der Waals surface area (Å²) in [5.74, 6) is -1.32. The number of nitrogens with zero attached hydrogens (tertiary/aromatic N) is 5. The van der Waals surface area contributed by atoms with Gasteiger partial charge in [-0.05, 0) is 68.2 Å². The Morgan fingerprint density at radius 1 is 0.893 bits per heavy atom. The number of ether oxygens (including phenoxy) is 5. The second-order valence-electron chi connectivity index (χ2n) is 13.4. The minimum absolute atomic E-state index is 0.110. The van der Waals surface area contributed by atoms with Gasteiger partial charge < -0.3 is 33.9 Å². The van der Waals surface area contributed by atoms with E-state index in [-0.39, 0.29) is 38.0 Å². The van der Waals surface area contributed by atoms with Crippen LogP contribution in [0.15, 0.2) is 73.6 Å². The molecule has 5 rings (SSSR count). The summed E-state index contributed by atoms with van der Waals surface area (Å²) < 4.78 is 28.7. The molecule has 0 radical (unpaired) electrons. The van der Waals surface area contributed by atoms with Crippen molar-refractivity contribution in [3.8, 4) is 22.8 Å². The van der Waals surface area contributed by atoms with E-state index in [2.05, 4.69) is 21.9 Å². The molecule has 1 aliphatic rings. The molecule has 1 saturated heterocycles. The summed E-state index contributed by atoms with van der Waals surface area (Å²) in [5.41, 5.74) is 1.87. The molecule has 3 heterocycles. The zero-order valence-corrected chi connectivity index (χ0v) is 31.8. The van der Waals surface area contributed by atoms with E-state index in [0.29, 0.717) is 47.1 Å². The lowest BCUT2D eigenvalue weighted by Crippen LogP contribution is -2.40. The van der Waals surface area contributed by atoms with Crippen LogP contribution >= 0.6 is 0 Å². The highest BCUT2D eigenvalue weighted by atomic mass is 16.6. The summed E-state index contributed by atoms with van der Waals surface area (Å²) >= 11 is 0. The predicted molar refractivity (Wildman–Crippen MR) is 203 cm³/mol. The van der Waals surface area contributed by atoms with E-state index in [4.69, 9.17) is 28.8 Å². The zero-order valence-electron chi connectivity index (χ0n) is 31.8. The average molecular weight is 771 g/mol. The van der Waals surface area contributed by atoms with Gasteiger partial charge in [0.15, 0.2) is 18.0 Å². The minimum Gasteiger partial charge on any atom is -0.462 e. The van der Waals surface area contributed by atoms with Crippen molar-refractivity contribution in [1.29, 1.82) is 0 Å². The lowest BCUT2D eigenvalue weighted by Gasteiger charge is -2.32. The number of amides is 1. The summed E-state index contributed by atoms with van der Waals surface area (Å²) in [4.78, 5) is 71.6. The van der Waals surface area contributed by atoms with Crippen LogP contribution in [0.3, 0.4) is 0 Å². The van der Waals surface area contributed by atoms with Gasteiger partial charge >= 0.3 is 23.9 Å². The number of aromatic nitrogens is 4. The maximum absolute atomic E-state index is 13.0. The molecule has 1 aliphatic heterocycles. The minimum atomic E-state index is -0.995. The fourth-order valence-corrected chi connectivity index (χ4v) is 6.21. The Bertz CT molecular complexity index is 2000. The predicted octanol–water partition coefficient (Wildman–Crippen LogP) is 5.39. The quantitative estimate of drug-likeness (QED) is 0.0622. The van der Waals surface area contributed by atoms with Gasteiger partial charge in [0.05, 0.1) is 11.4 Å². The highest BCUT2D eigenvalue weighted by molar-refractivity contribution is 5.99. The largest absolute Gasteiger partial charge is 0.462 e. The average Bonchev–Trinajstić information content (AvgIpc) is 3.56. The molecule has 0 bridgehead atoms. The first-order valence-corrected chi connectivity index (χ1v) is 18.3. The molecule has 296 valence electrons. The van der Waals surface area contributed by atoms with Crippen molar-refractivity contribution in [2.75, 3.05) is 31.6 Å². The van der Waals surface area contributed by atoms with E-state index in [1.54, 1.807) is 18.7 Å². The fraction of sp³-hybridized carbons (Fsp3) is 0.400. The second kappa shape index (κ2) is 19.3. The molecule has 1 fully saturated rings. The van der Waals surface area contributed by atoms with Gasteiger partial charge in [0.1, 0.15) is 42.6 Å². The Morgan fingerprint density at radius 2 is 1.54 bits per heavy atom. The zero-order chi connectivity index (χ0) is 40.2. The number of rotatable bonds is 17. The molecule has 16 nitrogen and oxygen atoms in total. The molecule has 2 aromatic heterocycles. The molecular formula is C40H46N6O10. The number of carbonyl (C=O) groups excluding carboxylic acids is 5. The maximum atomic E-state index is 13.0. The third kappa shape index (κ3) is 11.3. The number of hydrogen-bond acceptors (Lipinski definition) is 14. The molecular weight excluding hydrogens is 724 g/mol. The van der Waals surface area contributed by atoms with Crippen LogP contribution in [-0.4, -0.2) is 93.1 Å². The summed E-state index contributed by atoms with van der Waals surface area (Å²) in [6, 6.07) is 16.7. The number of benzene rings is 2. The lowest BCUT2D eigenvalue weighted by atomic mass is 10.0. The van der Waals surface area contributed by atoms with Gasteiger partial charge in [-0.3, -0.25) is 24.0 Å². The van der Waals surface area contributed by atoms with Crippen molar-refractivity contribution in [2.45, 2.75) is 71.8 Å². The van der Waals surface area contributed by atoms with Crippen molar-refractivity contribution in [2.24, 2.45) is 5.92 Å². The molecule has 2 aromatic carbocycles. The Balaban J connectivity index is 1.31. The molecule has 16 heteroatoms. The number of nitrogens with one attached hydrogen (secondary N) is 1. The van der Waals surface area contributed by atoms with Crippen molar-refractivity contribution in [3.05, 3.63) is 73.6 Å². The van der Waals surface area contributed by atoms with Crippen LogP contribution in [0.25, 0.3) is 22.3 Å². The first kappa shape index (κ1) is 40.9. The van der Waals surface area contributed by atoms with Crippen LogP contribution in [0.2, 0.25) is 0 Å². The second-order valence-corrected chi connectivity index (χ2v) is 13.4. The van der Waals surface area contributed by atoms with Crippen LogP contribution in [0.5, 0.6) is 11.5 Å². The summed E-state index contributed by atoms with van der Waals surface area (Å²) in [6.07, 6.45) is 2.15. The first-order chi connectivity index (χ1) is 26.9. The highest BCUT2D eigenvalue weighted by Gasteiger charge is 2.29. The molecule has 3 atom stereocenters. The van der Waals surface area contributed by atoms with E-state index in [1.165, 1.54) is 26.3 Å². The number of anilines is 1. The number of piperidine rings is 1. The summed E-state index contributed by atoms with van der Waals surface area (Å²) in [5, 5.41) is 8.82. The van der Waals surface area contributed by atoms with Crippen LogP contribution in [0.1, 0.15) is 59.4 Å². The fourth-order valence-electron chi connectivity index (χ4n) is 6.21. The van der Waals surface area contributed by atoms with Crippen molar-refractivity contribution >= 4 is 46.6 Å². The van der Waals surface area contributed by atoms with E-state index in [1.807, 2.05) is 59.3 Å². The number of carbonyl (C=O) groups is 5. The molecule has 4 aromatic rings. The number of esters is 4. The van der Waals surface area contributed by atoms with E-state index in [0.717, 1.165) is 18.4 Å². The van der Waals surface area contributed by atoms with E-state index < -0.39 is 42.1 Å². The molecule has 1 N–H and O–H groups in total. The summed E-state index contributed by atoms with van der Waals surface area (Å²) in [6.45, 7) is 9.87. The van der Waals surface area contributed by atoms with Gasteiger partial charge in [-0.25, -0.2) is 14.6 Å². The van der Waals surface area contributed by atoms with E-state index in [9.17, 15) is 24.0 Å². The van der Waals surface area contributed by atoms with Gasteiger partial charge in [0.25, 0.3) is 0 Å². The maximum Gasteiger partial charge on any atom is 0.307 e. The van der Waals surface area contributed by atoms with Crippen LogP contribution in [-0.2, 0) is 42.9 Å². The molecule has 2 unspecified atom stereocenters. The Labute approximate surface area is 324 Å². The van der Waals surface area contributed by atoms with Gasteiger partial charge in [-0.15, -0.1) is 0 Å². The Hall–Kier alpha value is -6.32. The van der Waals surface area contributed by atoms with Crippen LogP contribution in [0.4, 0.5) is 5.82 Å². The van der Waals surface area contributed by atoms with Gasteiger partial charge in [0, 0.05) is 45.3 Å². The Kier molecular flexibility index (Phi) is 14.1. The van der Waals surface area contributed by atoms with Gasteiger partial charge in [-0.2, -0.15) is 5.10 Å². The smallest absolute Gasteiger partial charge is 0.307 e. The normalized spacial score (nSPS) is 15.0. The number of para-hydroxylation sites is 1. The molecule has 1 amide bonds. The van der Waals surface area contributed by atoms with Crippen molar-refractivity contribution in [1.82, 2.24) is 24.6 Å². The highest BCUT2D eigenvalue weighted by Crippen LogP contribution is 2.36. The number of likely N-dealkylation sites (tertiary alicyclic amines) is 1. The topological polar surface area (TPSA) is 190 Å². The molecule has 56 heavy (non-hydrogen) atoms. The lowest BCUT2D eigenvalue weighted by molar-refractivity contribution is -0.166. The first-order valence-electron chi connectivity index (χ1n) is 18.3. The van der Waals surface area contributed by atoms with Crippen LogP contribution in [0, 0.1) is 5.92 Å².